The van der Waals surface area contributed by atoms with Crippen molar-refractivity contribution in [2.45, 2.75) is 67.9 Å². The van der Waals surface area contributed by atoms with Crippen LogP contribution in [0.5, 0.6) is 0 Å². The summed E-state index contributed by atoms with van der Waals surface area (Å²) in [5.41, 5.74) is 25.2. The SMILES string of the molecule is C=Nc1c(-c2ccc(-c3cccc(C4=C(C)C=CCC4)c3C)cc2)ccc(-c2ccc(-c3cccc(C4=CC=CCC4)c3SC)cc2)c1SCc1ccc(-c2cccc(C3=CC=CCC3)c2)cc1. The van der Waals surface area contributed by atoms with Crippen LogP contribution in [0.3, 0.4) is 0 Å². The molecule has 3 aliphatic rings. The fourth-order valence-electron chi connectivity index (χ4n) is 10.2. The van der Waals surface area contributed by atoms with Gasteiger partial charge in [-0.15, -0.1) is 23.5 Å². The molecule has 0 heterocycles. The summed E-state index contributed by atoms with van der Waals surface area (Å²) in [6, 6.07) is 54.4. The fraction of sp³-hybridized carbons (Fsp3) is 0.154. The first kappa shape index (κ1) is 45.1. The van der Waals surface area contributed by atoms with Gasteiger partial charge in [0, 0.05) is 21.1 Å². The molecule has 0 unspecified atom stereocenters. The third-order valence-corrected chi connectivity index (χ3v) is 15.9. The maximum absolute atomic E-state index is 4.85. The predicted octanol–water partition coefficient (Wildman–Crippen LogP) is 19.3. The molecule has 0 aromatic heterocycles. The lowest BCUT2D eigenvalue weighted by molar-refractivity contribution is 1.03. The predicted molar refractivity (Wildman–Crippen MR) is 299 cm³/mol. The smallest absolute Gasteiger partial charge is 0.0842 e. The summed E-state index contributed by atoms with van der Waals surface area (Å²) in [7, 11) is 0. The van der Waals surface area contributed by atoms with Crippen molar-refractivity contribution in [3.8, 4) is 55.6 Å². The summed E-state index contributed by atoms with van der Waals surface area (Å²) in [5, 5.41) is 0. The highest BCUT2D eigenvalue weighted by atomic mass is 32.2. The minimum atomic E-state index is 0.797. The van der Waals surface area contributed by atoms with Gasteiger partial charge in [0.1, 0.15) is 0 Å². The van der Waals surface area contributed by atoms with Crippen LogP contribution in [-0.2, 0) is 5.75 Å². The molecule has 68 heavy (non-hydrogen) atoms. The molecule has 1 nitrogen and oxygen atoms in total. The number of aliphatic imine (C=N–C) groups is 1. The number of benzene rings is 7. The Morgan fingerprint density at radius 3 is 1.68 bits per heavy atom. The zero-order valence-electron chi connectivity index (χ0n) is 39.4. The number of thioether (sulfide) groups is 2. The Bertz CT molecular complexity index is 3210. The zero-order valence-corrected chi connectivity index (χ0v) is 41.0. The summed E-state index contributed by atoms with van der Waals surface area (Å²) in [6.45, 7) is 8.73. The highest BCUT2D eigenvalue weighted by Crippen LogP contribution is 2.47. The van der Waals surface area contributed by atoms with Gasteiger partial charge in [0.2, 0.25) is 0 Å². The van der Waals surface area contributed by atoms with Crippen molar-refractivity contribution in [1.29, 1.82) is 0 Å². The molecule has 0 saturated carbocycles. The normalized spacial score (nSPS) is 14.5. The average Bonchev–Trinajstić information content (AvgIpc) is 3.41. The molecule has 7 aromatic rings. The maximum Gasteiger partial charge on any atom is 0.0842 e. The van der Waals surface area contributed by atoms with E-state index >= 15 is 0 Å². The first-order valence-corrected chi connectivity index (χ1v) is 26.2. The molecular weight excluding hydrogens is 859 g/mol. The van der Waals surface area contributed by atoms with Gasteiger partial charge < -0.3 is 0 Å². The fourth-order valence-corrected chi connectivity index (χ4v) is 12.1. The lowest BCUT2D eigenvalue weighted by Crippen LogP contribution is -1.97. The van der Waals surface area contributed by atoms with Crippen LogP contribution < -0.4 is 0 Å². The van der Waals surface area contributed by atoms with Crippen LogP contribution in [-0.4, -0.2) is 13.0 Å². The van der Waals surface area contributed by atoms with E-state index in [9.17, 15) is 0 Å². The standard InChI is InChI=1S/C65H57NS2/c1-44-16-11-12-23-56(44)58-25-14-24-57(45(58)2)50-32-34-51(35-33-50)59-40-41-62(53-38-36-52(37-39-53)61-27-15-26-60(64(61)67-4)49-19-9-6-10-20-49)65(63(59)66-3)68-43-46-28-30-48(31-29-46)55-22-13-21-54(42-55)47-17-7-5-8-18-47/h5-7,9,11,13-17,19,21-22,24-42H,3,8,10,12,18,20,23,43H2,1-2,4H3. The third kappa shape index (κ3) is 9.43. The minimum Gasteiger partial charge on any atom is -0.263 e. The van der Waals surface area contributed by atoms with Gasteiger partial charge in [0.15, 0.2) is 0 Å². The quantitative estimate of drug-likeness (QED) is 0.0844. The van der Waals surface area contributed by atoms with Crippen molar-refractivity contribution in [3.05, 3.63) is 228 Å². The van der Waals surface area contributed by atoms with E-state index in [1.54, 1.807) is 0 Å². The molecule has 0 spiro atoms. The van der Waals surface area contributed by atoms with E-state index in [4.69, 9.17) is 4.99 Å². The Morgan fingerprint density at radius 2 is 1.03 bits per heavy atom. The molecule has 0 fully saturated rings. The number of allylic oxidation sites excluding steroid dienone is 12. The molecule has 0 radical (unpaired) electrons. The monoisotopic (exact) mass is 915 g/mol. The van der Waals surface area contributed by atoms with Crippen LogP contribution in [0.15, 0.2) is 215 Å². The molecule has 0 saturated heterocycles. The van der Waals surface area contributed by atoms with Crippen LogP contribution in [0.25, 0.3) is 72.4 Å². The maximum atomic E-state index is 4.85. The van der Waals surface area contributed by atoms with Gasteiger partial charge in [-0.1, -0.05) is 188 Å². The highest BCUT2D eigenvalue weighted by Gasteiger charge is 2.20. The average molecular weight is 916 g/mol. The molecule has 3 aliphatic carbocycles. The Hall–Kier alpha value is -6.65. The Kier molecular flexibility index (Phi) is 13.7. The summed E-state index contributed by atoms with van der Waals surface area (Å²) >= 11 is 3.69. The van der Waals surface area contributed by atoms with Crippen molar-refractivity contribution in [1.82, 2.24) is 0 Å². The Labute approximate surface area is 412 Å². The summed E-state index contributed by atoms with van der Waals surface area (Å²) in [6.07, 6.45) is 26.7. The van der Waals surface area contributed by atoms with Gasteiger partial charge in [-0.25, -0.2) is 0 Å². The van der Waals surface area contributed by atoms with Crippen molar-refractivity contribution in [2.75, 3.05) is 6.26 Å². The molecule has 0 amide bonds. The molecule has 334 valence electrons. The van der Waals surface area contributed by atoms with E-state index in [1.165, 1.54) is 88.4 Å². The number of hydrogen-bond acceptors (Lipinski definition) is 3. The topological polar surface area (TPSA) is 12.4 Å². The Morgan fingerprint density at radius 1 is 0.485 bits per heavy atom. The van der Waals surface area contributed by atoms with E-state index in [1.807, 2.05) is 23.5 Å². The van der Waals surface area contributed by atoms with Gasteiger partial charge in [-0.2, -0.15) is 0 Å². The number of hydrogen-bond donors (Lipinski definition) is 0. The van der Waals surface area contributed by atoms with Crippen LogP contribution >= 0.6 is 23.5 Å². The summed E-state index contributed by atoms with van der Waals surface area (Å²) in [5.74, 6) is 0.797. The minimum absolute atomic E-state index is 0.797. The van der Waals surface area contributed by atoms with Gasteiger partial charge in [0.05, 0.1) is 5.69 Å². The van der Waals surface area contributed by atoms with Crippen molar-refractivity contribution in [3.63, 3.8) is 0 Å². The number of rotatable bonds is 13. The molecule has 10 rings (SSSR count). The zero-order chi connectivity index (χ0) is 46.4. The molecule has 0 N–H and O–H groups in total. The molecule has 0 atom stereocenters. The molecule has 7 aromatic carbocycles. The first-order valence-electron chi connectivity index (χ1n) is 24.0. The van der Waals surface area contributed by atoms with E-state index in [0.717, 1.165) is 77.1 Å². The molecule has 0 bridgehead atoms. The second-order valence-electron chi connectivity index (χ2n) is 18.0. The van der Waals surface area contributed by atoms with Crippen molar-refractivity contribution in [2.24, 2.45) is 4.99 Å². The van der Waals surface area contributed by atoms with Crippen LogP contribution in [0.1, 0.15) is 73.3 Å². The summed E-state index contributed by atoms with van der Waals surface area (Å²) in [4.78, 5) is 7.32. The van der Waals surface area contributed by atoms with E-state index < -0.39 is 0 Å². The first-order chi connectivity index (χ1) is 33.5. The van der Waals surface area contributed by atoms with Crippen LogP contribution in [0, 0.1) is 6.92 Å². The van der Waals surface area contributed by atoms with E-state index in [0.29, 0.717) is 0 Å². The lowest BCUT2D eigenvalue weighted by Gasteiger charge is -2.19. The van der Waals surface area contributed by atoms with Gasteiger partial charge >= 0.3 is 0 Å². The largest absolute Gasteiger partial charge is 0.263 e. The van der Waals surface area contributed by atoms with Crippen LogP contribution in [0.4, 0.5) is 5.69 Å². The highest BCUT2D eigenvalue weighted by molar-refractivity contribution is 7.99. The summed E-state index contributed by atoms with van der Waals surface area (Å²) < 4.78 is 0. The van der Waals surface area contributed by atoms with Crippen LogP contribution in [0.2, 0.25) is 0 Å². The Balaban J connectivity index is 0.986. The second kappa shape index (κ2) is 20.7. The lowest BCUT2D eigenvalue weighted by atomic mass is 9.86. The number of nitrogens with zero attached hydrogens (tertiary/aromatic N) is 1. The van der Waals surface area contributed by atoms with Crippen molar-refractivity contribution >= 4 is 52.6 Å². The molecule has 0 aliphatic heterocycles. The van der Waals surface area contributed by atoms with E-state index in [2.05, 4.69) is 221 Å². The molecule has 3 heteroatoms. The molecular formula is C65H57NS2. The van der Waals surface area contributed by atoms with Gasteiger partial charge in [0.25, 0.3) is 0 Å². The second-order valence-corrected chi connectivity index (χ2v) is 19.8. The van der Waals surface area contributed by atoms with Gasteiger partial charge in [-0.3, -0.25) is 4.99 Å². The van der Waals surface area contributed by atoms with E-state index in [-0.39, 0.29) is 0 Å². The van der Waals surface area contributed by atoms with Gasteiger partial charge in [-0.05, 0) is 172 Å². The van der Waals surface area contributed by atoms with Crippen molar-refractivity contribution < 1.29 is 0 Å². The third-order valence-electron chi connectivity index (χ3n) is 13.9.